The van der Waals surface area contributed by atoms with Crippen LogP contribution < -0.4 is 0 Å². The van der Waals surface area contributed by atoms with Gasteiger partial charge in [-0.3, -0.25) is 4.79 Å². The van der Waals surface area contributed by atoms with Crippen molar-refractivity contribution in [2.45, 2.75) is 13.8 Å². The quantitative estimate of drug-likeness (QED) is 0.506. The molecule has 0 aromatic heterocycles. The third-order valence-electron chi connectivity index (χ3n) is 0.365. The van der Waals surface area contributed by atoms with E-state index in [9.17, 15) is 4.79 Å². The number of aliphatic carboxylic acids is 2. The number of carboxylic acid groups (broad SMARTS) is 2. The Morgan fingerprint density at radius 3 is 1.27 bits per heavy atom. The standard InChI is InChI=1S/C4H6O2.C2H4O2.Pb.2H/c1-3(2)4(5)6;1-2(3)4;;;/h1H2,2H3,(H,5,6);1H3,(H,3,4);;;. The van der Waals surface area contributed by atoms with E-state index < -0.39 is 11.9 Å². The molecule has 0 saturated heterocycles. The predicted molar refractivity (Wildman–Crippen MR) is 44.3 cm³/mol. The van der Waals surface area contributed by atoms with Crippen molar-refractivity contribution in [2.75, 3.05) is 0 Å². The Morgan fingerprint density at radius 1 is 1.18 bits per heavy atom. The van der Waals surface area contributed by atoms with Gasteiger partial charge in [0.05, 0.1) is 0 Å². The molecule has 0 unspecified atom stereocenters. The Morgan fingerprint density at radius 2 is 1.27 bits per heavy atom. The molecule has 0 spiro atoms. The van der Waals surface area contributed by atoms with E-state index in [1.54, 1.807) is 0 Å². The van der Waals surface area contributed by atoms with Gasteiger partial charge in [-0.15, -0.1) is 0 Å². The average molecular weight is 355 g/mol. The molecular weight excluding hydrogens is 343 g/mol. The number of hydrogen-bond acceptors (Lipinski definition) is 2. The van der Waals surface area contributed by atoms with E-state index in [1.807, 2.05) is 0 Å². The molecule has 0 atom stereocenters. The summed E-state index contributed by atoms with van der Waals surface area (Å²) >= 11 is 0. The zero-order valence-corrected chi connectivity index (χ0v) is 12.1. The topological polar surface area (TPSA) is 74.6 Å². The minimum atomic E-state index is -0.935. The summed E-state index contributed by atoms with van der Waals surface area (Å²) in [5.74, 6) is -1.77. The second-order valence-corrected chi connectivity index (χ2v) is 1.60. The molecule has 5 heteroatoms. The van der Waals surface area contributed by atoms with Crippen molar-refractivity contribution >= 4 is 39.2 Å². The summed E-state index contributed by atoms with van der Waals surface area (Å²) in [6.07, 6.45) is 0. The van der Waals surface area contributed by atoms with Gasteiger partial charge in [0.15, 0.2) is 0 Å². The van der Waals surface area contributed by atoms with Crippen LogP contribution in [0.15, 0.2) is 12.2 Å². The molecular formula is C6H12O4Pb. The van der Waals surface area contributed by atoms with E-state index in [1.165, 1.54) is 6.92 Å². The van der Waals surface area contributed by atoms with Crippen molar-refractivity contribution in [3.63, 3.8) is 0 Å². The van der Waals surface area contributed by atoms with Crippen molar-refractivity contribution in [1.82, 2.24) is 0 Å². The first-order valence-electron chi connectivity index (χ1n) is 2.46. The zero-order valence-electron chi connectivity index (χ0n) is 6.63. The predicted octanol–water partition coefficient (Wildman–Crippen LogP) is -0.178. The van der Waals surface area contributed by atoms with Crippen LogP contribution in [0.3, 0.4) is 0 Å². The van der Waals surface area contributed by atoms with E-state index in [0.717, 1.165) is 6.92 Å². The fraction of sp³-hybridized carbons (Fsp3) is 0.333. The van der Waals surface area contributed by atoms with Crippen molar-refractivity contribution in [3.8, 4) is 0 Å². The third kappa shape index (κ3) is 42.8. The van der Waals surface area contributed by atoms with Crippen LogP contribution in [-0.2, 0) is 9.59 Å². The van der Waals surface area contributed by atoms with E-state index in [4.69, 9.17) is 15.0 Å². The molecule has 0 aliphatic rings. The van der Waals surface area contributed by atoms with Crippen LogP contribution in [0, 0.1) is 0 Å². The van der Waals surface area contributed by atoms with Gasteiger partial charge < -0.3 is 10.2 Å². The third-order valence-corrected chi connectivity index (χ3v) is 0.365. The van der Waals surface area contributed by atoms with E-state index in [-0.39, 0.29) is 32.9 Å². The Kier molecular flexibility index (Phi) is 14.8. The molecule has 2 radical (unpaired) electrons. The van der Waals surface area contributed by atoms with Crippen LogP contribution in [0.25, 0.3) is 0 Å². The first-order valence-corrected chi connectivity index (χ1v) is 2.46. The fourth-order valence-corrected chi connectivity index (χ4v) is 0. The van der Waals surface area contributed by atoms with Crippen LogP contribution in [0.5, 0.6) is 0 Å². The molecule has 4 nitrogen and oxygen atoms in total. The van der Waals surface area contributed by atoms with Gasteiger partial charge in [-0.2, -0.15) is 0 Å². The summed E-state index contributed by atoms with van der Waals surface area (Å²) in [5.41, 5.74) is 0.176. The number of carboxylic acids is 2. The zero-order chi connectivity index (χ0) is 8.73. The van der Waals surface area contributed by atoms with E-state index in [0.29, 0.717) is 0 Å². The maximum absolute atomic E-state index is 9.60. The summed E-state index contributed by atoms with van der Waals surface area (Å²) in [7, 11) is 0. The Hall–Kier alpha value is -0.398. The normalized spacial score (nSPS) is 6.36. The monoisotopic (exact) mass is 356 g/mol. The van der Waals surface area contributed by atoms with Gasteiger partial charge in [-0.25, -0.2) is 4.79 Å². The van der Waals surface area contributed by atoms with Crippen LogP contribution in [0.4, 0.5) is 0 Å². The second kappa shape index (κ2) is 9.60. The number of rotatable bonds is 1. The van der Waals surface area contributed by atoms with E-state index in [2.05, 4.69) is 6.58 Å². The summed E-state index contributed by atoms with van der Waals surface area (Å²) in [5, 5.41) is 15.3. The first-order chi connectivity index (χ1) is 4.37. The second-order valence-electron chi connectivity index (χ2n) is 1.60. The van der Waals surface area contributed by atoms with Gasteiger partial charge in [-0.05, 0) is 6.92 Å². The minimum absolute atomic E-state index is 0. The van der Waals surface area contributed by atoms with Gasteiger partial charge >= 0.3 is 33.3 Å². The summed E-state index contributed by atoms with van der Waals surface area (Å²) < 4.78 is 0. The maximum atomic E-state index is 9.60. The van der Waals surface area contributed by atoms with Crippen molar-refractivity contribution in [2.24, 2.45) is 0 Å². The number of hydrogen-bond donors (Lipinski definition) is 2. The Bertz CT molecular complexity index is 137. The molecule has 11 heavy (non-hydrogen) atoms. The van der Waals surface area contributed by atoms with Gasteiger partial charge in [0.25, 0.3) is 5.97 Å². The summed E-state index contributed by atoms with van der Waals surface area (Å²) in [6, 6.07) is 0. The van der Waals surface area contributed by atoms with Crippen molar-refractivity contribution in [1.29, 1.82) is 0 Å². The summed E-state index contributed by atoms with van der Waals surface area (Å²) in [6.45, 7) is 5.69. The van der Waals surface area contributed by atoms with Crippen molar-refractivity contribution < 1.29 is 19.8 Å². The van der Waals surface area contributed by atoms with Gasteiger partial charge in [-0.1, -0.05) is 6.58 Å². The molecule has 0 aliphatic carbocycles. The molecule has 0 aliphatic heterocycles. The SMILES string of the molecule is C=C(C)C(=O)O.CC(=O)O.[PbH2]. The van der Waals surface area contributed by atoms with E-state index >= 15 is 0 Å². The molecule has 0 rings (SSSR count). The van der Waals surface area contributed by atoms with Gasteiger partial charge in [0.2, 0.25) is 0 Å². The average Bonchev–Trinajstić information content (AvgIpc) is 1.63. The molecule has 0 amide bonds. The molecule has 0 fully saturated rings. The van der Waals surface area contributed by atoms with Crippen LogP contribution in [0.2, 0.25) is 0 Å². The molecule has 0 aromatic carbocycles. The Balaban J connectivity index is -0.000000114. The van der Waals surface area contributed by atoms with Crippen molar-refractivity contribution in [3.05, 3.63) is 12.2 Å². The van der Waals surface area contributed by atoms with Gasteiger partial charge in [0.1, 0.15) is 0 Å². The molecule has 0 heterocycles. The van der Waals surface area contributed by atoms with Crippen LogP contribution in [-0.4, -0.2) is 49.5 Å². The molecule has 0 aromatic rings. The van der Waals surface area contributed by atoms with Crippen LogP contribution >= 0.6 is 0 Å². The molecule has 64 valence electrons. The molecule has 2 N–H and O–H groups in total. The fourth-order valence-electron chi connectivity index (χ4n) is 0. The van der Waals surface area contributed by atoms with Crippen LogP contribution in [0.1, 0.15) is 13.8 Å². The molecule has 0 saturated carbocycles. The van der Waals surface area contributed by atoms with Gasteiger partial charge in [0, 0.05) is 12.5 Å². The molecule has 0 bridgehead atoms. The Labute approximate surface area is 85.1 Å². The number of carbonyl (C=O) groups is 2. The summed E-state index contributed by atoms with van der Waals surface area (Å²) in [4.78, 5) is 18.6. The first kappa shape index (κ1) is 16.9.